The summed E-state index contributed by atoms with van der Waals surface area (Å²) in [7, 11) is 1.62. The van der Waals surface area contributed by atoms with E-state index >= 15 is 0 Å². The summed E-state index contributed by atoms with van der Waals surface area (Å²) in [5.41, 5.74) is 1.79. The van der Waals surface area contributed by atoms with E-state index in [-0.39, 0.29) is 12.1 Å². The van der Waals surface area contributed by atoms with Crippen LogP contribution in [0.2, 0.25) is 0 Å². The molecule has 0 fully saturated rings. The van der Waals surface area contributed by atoms with E-state index in [1.807, 2.05) is 61.5 Å². The lowest BCUT2D eigenvalue weighted by atomic mass is 10.2. The maximum absolute atomic E-state index is 12.1. The zero-order valence-electron chi connectivity index (χ0n) is 13.7. The molecule has 2 N–H and O–H groups in total. The SMILES string of the molecule is COc1cccc(CNC(=O)NC(C)c2cc3ccccc3o2)c1. The van der Waals surface area contributed by atoms with E-state index in [4.69, 9.17) is 9.15 Å². The number of benzene rings is 2. The first-order valence-electron chi connectivity index (χ1n) is 7.81. The van der Waals surface area contributed by atoms with Crippen molar-refractivity contribution in [1.82, 2.24) is 10.6 Å². The molecular formula is C19H20N2O3. The summed E-state index contributed by atoms with van der Waals surface area (Å²) in [4.78, 5) is 12.1. The number of urea groups is 1. The second-order valence-corrected chi connectivity index (χ2v) is 5.59. The van der Waals surface area contributed by atoms with Gasteiger partial charge in [0, 0.05) is 11.9 Å². The highest BCUT2D eigenvalue weighted by Gasteiger charge is 2.13. The lowest BCUT2D eigenvalue weighted by Gasteiger charge is -2.13. The smallest absolute Gasteiger partial charge is 0.315 e. The van der Waals surface area contributed by atoms with Crippen molar-refractivity contribution in [3.05, 3.63) is 65.9 Å². The van der Waals surface area contributed by atoms with E-state index in [1.54, 1.807) is 7.11 Å². The predicted molar refractivity (Wildman–Crippen MR) is 93.0 cm³/mol. The van der Waals surface area contributed by atoms with E-state index < -0.39 is 0 Å². The van der Waals surface area contributed by atoms with Crippen LogP contribution in [0.15, 0.2) is 59.0 Å². The van der Waals surface area contributed by atoms with Crippen LogP contribution in [0.4, 0.5) is 4.79 Å². The normalized spacial score (nSPS) is 11.9. The molecular weight excluding hydrogens is 304 g/mol. The van der Waals surface area contributed by atoms with Crippen molar-refractivity contribution in [2.24, 2.45) is 0 Å². The van der Waals surface area contributed by atoms with Crippen molar-refractivity contribution in [2.45, 2.75) is 19.5 Å². The van der Waals surface area contributed by atoms with Gasteiger partial charge < -0.3 is 19.8 Å². The van der Waals surface area contributed by atoms with Crippen LogP contribution in [0, 0.1) is 0 Å². The third kappa shape index (κ3) is 3.68. The largest absolute Gasteiger partial charge is 0.497 e. The first kappa shape index (κ1) is 15.9. The molecule has 2 amide bonds. The fraction of sp³-hybridized carbons (Fsp3) is 0.211. The van der Waals surface area contributed by atoms with Gasteiger partial charge in [-0.2, -0.15) is 0 Å². The molecule has 1 unspecified atom stereocenters. The van der Waals surface area contributed by atoms with E-state index in [1.165, 1.54) is 0 Å². The van der Waals surface area contributed by atoms with Crippen LogP contribution in [0.3, 0.4) is 0 Å². The molecule has 3 rings (SSSR count). The number of rotatable bonds is 5. The monoisotopic (exact) mass is 324 g/mol. The minimum atomic E-state index is -0.245. The van der Waals surface area contributed by atoms with Crippen LogP contribution >= 0.6 is 0 Å². The molecule has 0 aliphatic rings. The topological polar surface area (TPSA) is 63.5 Å². The number of nitrogens with one attached hydrogen (secondary N) is 2. The van der Waals surface area contributed by atoms with Crippen LogP contribution in [-0.2, 0) is 6.54 Å². The molecule has 0 bridgehead atoms. The number of hydrogen-bond donors (Lipinski definition) is 2. The van der Waals surface area contributed by atoms with Crippen LogP contribution in [0.5, 0.6) is 5.75 Å². The van der Waals surface area contributed by atoms with Gasteiger partial charge in [0.15, 0.2) is 0 Å². The van der Waals surface area contributed by atoms with Gasteiger partial charge in [-0.25, -0.2) is 4.79 Å². The van der Waals surface area contributed by atoms with Crippen molar-refractivity contribution in [3.63, 3.8) is 0 Å². The molecule has 0 saturated heterocycles. The number of amides is 2. The minimum absolute atomic E-state index is 0.220. The average molecular weight is 324 g/mol. The summed E-state index contributed by atoms with van der Waals surface area (Å²) in [6.45, 7) is 2.32. The number of fused-ring (bicyclic) bond motifs is 1. The molecule has 2 aromatic carbocycles. The molecule has 24 heavy (non-hydrogen) atoms. The van der Waals surface area contributed by atoms with Crippen molar-refractivity contribution in [1.29, 1.82) is 0 Å². The van der Waals surface area contributed by atoms with Gasteiger partial charge in [0.25, 0.3) is 0 Å². The van der Waals surface area contributed by atoms with Crippen molar-refractivity contribution in [2.75, 3.05) is 7.11 Å². The van der Waals surface area contributed by atoms with Gasteiger partial charge in [-0.1, -0.05) is 30.3 Å². The van der Waals surface area contributed by atoms with Crippen LogP contribution in [0.25, 0.3) is 11.0 Å². The Kier molecular flexibility index (Phi) is 4.70. The number of hydrogen-bond acceptors (Lipinski definition) is 3. The number of methoxy groups -OCH3 is 1. The molecule has 0 aliphatic carbocycles. The van der Waals surface area contributed by atoms with Gasteiger partial charge in [-0.3, -0.25) is 0 Å². The van der Waals surface area contributed by atoms with E-state index in [9.17, 15) is 4.79 Å². The van der Waals surface area contributed by atoms with E-state index in [0.29, 0.717) is 6.54 Å². The summed E-state index contributed by atoms with van der Waals surface area (Å²) >= 11 is 0. The maximum atomic E-state index is 12.1. The number of carbonyl (C=O) groups is 1. The van der Waals surface area contributed by atoms with Crippen LogP contribution in [-0.4, -0.2) is 13.1 Å². The zero-order valence-corrected chi connectivity index (χ0v) is 13.7. The third-order valence-electron chi connectivity index (χ3n) is 3.81. The Bertz CT molecular complexity index is 808. The summed E-state index contributed by atoms with van der Waals surface area (Å²) in [5.74, 6) is 1.50. The first-order chi connectivity index (χ1) is 11.7. The highest BCUT2D eigenvalue weighted by molar-refractivity contribution is 5.78. The minimum Gasteiger partial charge on any atom is -0.497 e. The molecule has 0 spiro atoms. The second-order valence-electron chi connectivity index (χ2n) is 5.59. The standard InChI is InChI=1S/C19H20N2O3/c1-13(18-11-15-7-3-4-9-17(15)24-18)21-19(22)20-12-14-6-5-8-16(10-14)23-2/h3-11,13H,12H2,1-2H3,(H2,20,21,22). The number of para-hydroxylation sites is 1. The maximum Gasteiger partial charge on any atom is 0.315 e. The third-order valence-corrected chi connectivity index (χ3v) is 3.81. The molecule has 5 heteroatoms. The molecule has 0 aliphatic heterocycles. The molecule has 3 aromatic rings. The highest BCUT2D eigenvalue weighted by Crippen LogP contribution is 2.23. The summed E-state index contributed by atoms with van der Waals surface area (Å²) < 4.78 is 10.9. The fourth-order valence-corrected chi connectivity index (χ4v) is 2.50. The quantitative estimate of drug-likeness (QED) is 0.745. The molecule has 1 atom stereocenters. The predicted octanol–water partition coefficient (Wildman–Crippen LogP) is 4.00. The Morgan fingerprint density at radius 2 is 2.00 bits per heavy atom. The van der Waals surface area contributed by atoms with E-state index in [2.05, 4.69) is 10.6 Å². The Morgan fingerprint density at radius 3 is 2.79 bits per heavy atom. The van der Waals surface area contributed by atoms with Gasteiger partial charge in [0.2, 0.25) is 0 Å². The average Bonchev–Trinajstić information content (AvgIpc) is 3.04. The van der Waals surface area contributed by atoms with E-state index in [0.717, 1.165) is 28.0 Å². The van der Waals surface area contributed by atoms with Crippen LogP contribution in [0.1, 0.15) is 24.3 Å². The summed E-state index contributed by atoms with van der Waals surface area (Å²) in [6, 6.07) is 16.9. The van der Waals surface area contributed by atoms with Gasteiger partial charge in [0.05, 0.1) is 13.2 Å². The lowest BCUT2D eigenvalue weighted by Crippen LogP contribution is -2.36. The molecule has 0 radical (unpaired) electrons. The van der Waals surface area contributed by atoms with Gasteiger partial charge in [0.1, 0.15) is 17.1 Å². The molecule has 5 nitrogen and oxygen atoms in total. The van der Waals surface area contributed by atoms with Gasteiger partial charge >= 0.3 is 6.03 Å². The Hall–Kier alpha value is -2.95. The Balaban J connectivity index is 1.57. The van der Waals surface area contributed by atoms with Gasteiger partial charge in [-0.15, -0.1) is 0 Å². The van der Waals surface area contributed by atoms with Crippen molar-refractivity contribution < 1.29 is 13.9 Å². The van der Waals surface area contributed by atoms with Crippen molar-refractivity contribution in [3.8, 4) is 5.75 Å². The first-order valence-corrected chi connectivity index (χ1v) is 7.81. The van der Waals surface area contributed by atoms with Gasteiger partial charge in [-0.05, 0) is 36.8 Å². The fourth-order valence-electron chi connectivity index (χ4n) is 2.50. The molecule has 1 aromatic heterocycles. The highest BCUT2D eigenvalue weighted by atomic mass is 16.5. The summed E-state index contributed by atoms with van der Waals surface area (Å²) in [5, 5.41) is 6.74. The molecule has 1 heterocycles. The van der Waals surface area contributed by atoms with Crippen molar-refractivity contribution >= 4 is 17.0 Å². The Labute approximate surface area is 140 Å². The lowest BCUT2D eigenvalue weighted by molar-refractivity contribution is 0.236. The number of ether oxygens (including phenoxy) is 1. The number of furan rings is 1. The summed E-state index contributed by atoms with van der Waals surface area (Å²) in [6.07, 6.45) is 0. The second kappa shape index (κ2) is 7.08. The molecule has 0 saturated carbocycles. The van der Waals surface area contributed by atoms with Crippen LogP contribution < -0.4 is 15.4 Å². The number of carbonyl (C=O) groups excluding carboxylic acids is 1. The molecule has 124 valence electrons. The Morgan fingerprint density at radius 1 is 1.17 bits per heavy atom. The zero-order chi connectivity index (χ0) is 16.9.